The van der Waals surface area contributed by atoms with Crippen LogP contribution in [0.15, 0.2) is 22.8 Å². The lowest BCUT2D eigenvalue weighted by atomic mass is 10.3. The molecule has 2 aromatic heterocycles. The fourth-order valence-electron chi connectivity index (χ4n) is 1.65. The molecule has 2 heterocycles. The molecule has 2 rings (SSSR count). The van der Waals surface area contributed by atoms with Gasteiger partial charge in [0.1, 0.15) is 6.54 Å². The van der Waals surface area contributed by atoms with Crippen LogP contribution in [-0.4, -0.2) is 55.7 Å². The second-order valence-electron chi connectivity index (χ2n) is 4.43. The van der Waals surface area contributed by atoms with Gasteiger partial charge in [-0.1, -0.05) is 0 Å². The zero-order chi connectivity index (χ0) is 15.2. The quantitative estimate of drug-likeness (QED) is 0.778. The van der Waals surface area contributed by atoms with Crippen molar-refractivity contribution in [2.75, 3.05) is 13.6 Å². The predicted octanol–water partition coefficient (Wildman–Crippen LogP) is 0.256. The molecule has 0 saturated carbocycles. The number of amides is 1. The van der Waals surface area contributed by atoms with E-state index >= 15 is 0 Å². The van der Waals surface area contributed by atoms with Gasteiger partial charge in [-0.25, -0.2) is 0 Å². The largest absolute Gasteiger partial charge is 0.481 e. The molecule has 0 aliphatic heterocycles. The molecule has 0 fully saturated rings. The van der Waals surface area contributed by atoms with E-state index in [1.165, 1.54) is 16.0 Å². The van der Waals surface area contributed by atoms with Crippen LogP contribution in [0.4, 0.5) is 0 Å². The highest BCUT2D eigenvalue weighted by Crippen LogP contribution is 2.12. The number of hydrogen-bond donors (Lipinski definition) is 1. The summed E-state index contributed by atoms with van der Waals surface area (Å²) in [5.41, 5.74) is 0. The molecule has 0 radical (unpaired) electrons. The van der Waals surface area contributed by atoms with E-state index < -0.39 is 5.97 Å². The number of aliphatic carboxylic acids is 1. The summed E-state index contributed by atoms with van der Waals surface area (Å²) < 4.78 is 5.13. The van der Waals surface area contributed by atoms with Crippen LogP contribution in [0.5, 0.6) is 0 Å². The first kappa shape index (κ1) is 14.7. The number of carbonyl (C=O) groups is 2. The first-order chi connectivity index (χ1) is 10.1. The summed E-state index contributed by atoms with van der Waals surface area (Å²) in [5, 5.41) is 20.2. The number of carbonyl (C=O) groups excluding carboxylic acids is 1. The molecular weight excluding hydrogens is 278 g/mol. The van der Waals surface area contributed by atoms with Crippen LogP contribution in [0.25, 0.3) is 11.6 Å². The standard InChI is InChI=1S/C12H15N5O4/c1-16(6-2-5-11(19)20)10(18)8-17-14-12(13-15-17)9-4-3-7-21-9/h3-4,7H,2,5-6,8H2,1H3,(H,19,20). The van der Waals surface area contributed by atoms with Crippen LogP contribution < -0.4 is 0 Å². The Hall–Kier alpha value is -2.71. The van der Waals surface area contributed by atoms with E-state index in [4.69, 9.17) is 9.52 Å². The van der Waals surface area contributed by atoms with Gasteiger partial charge in [-0.2, -0.15) is 4.80 Å². The van der Waals surface area contributed by atoms with Crippen LogP contribution in [0.1, 0.15) is 12.8 Å². The van der Waals surface area contributed by atoms with Crippen LogP contribution in [0, 0.1) is 0 Å². The lowest BCUT2D eigenvalue weighted by Gasteiger charge is -2.15. The monoisotopic (exact) mass is 293 g/mol. The topological polar surface area (TPSA) is 114 Å². The summed E-state index contributed by atoms with van der Waals surface area (Å²) in [5.74, 6) is -0.314. The van der Waals surface area contributed by atoms with E-state index in [-0.39, 0.29) is 18.9 Å². The molecule has 0 spiro atoms. The Morgan fingerprint density at radius 2 is 2.29 bits per heavy atom. The molecule has 112 valence electrons. The predicted molar refractivity (Wildman–Crippen MR) is 70.0 cm³/mol. The van der Waals surface area contributed by atoms with Gasteiger partial charge in [0.05, 0.1) is 6.26 Å². The first-order valence-electron chi connectivity index (χ1n) is 6.33. The number of furan rings is 1. The van der Waals surface area contributed by atoms with Crippen LogP contribution in [0.2, 0.25) is 0 Å². The lowest BCUT2D eigenvalue weighted by Crippen LogP contribution is -2.32. The fourth-order valence-corrected chi connectivity index (χ4v) is 1.65. The van der Waals surface area contributed by atoms with Crippen molar-refractivity contribution in [3.63, 3.8) is 0 Å². The van der Waals surface area contributed by atoms with Crippen molar-refractivity contribution >= 4 is 11.9 Å². The van der Waals surface area contributed by atoms with Crippen LogP contribution in [0.3, 0.4) is 0 Å². The smallest absolute Gasteiger partial charge is 0.303 e. The summed E-state index contributed by atoms with van der Waals surface area (Å²) in [6.07, 6.45) is 1.93. The molecule has 0 atom stereocenters. The Kier molecular flexibility index (Phi) is 4.64. The van der Waals surface area contributed by atoms with Crippen molar-refractivity contribution in [2.24, 2.45) is 0 Å². The molecule has 1 N–H and O–H groups in total. The Morgan fingerprint density at radius 3 is 2.95 bits per heavy atom. The average Bonchev–Trinajstić information content (AvgIpc) is 3.07. The van der Waals surface area contributed by atoms with E-state index in [0.717, 1.165) is 0 Å². The van der Waals surface area contributed by atoms with Gasteiger partial charge in [-0.05, 0) is 23.8 Å². The summed E-state index contributed by atoms with van der Waals surface area (Å²) in [4.78, 5) is 24.9. The molecule has 0 aliphatic carbocycles. The molecule has 9 heteroatoms. The summed E-state index contributed by atoms with van der Waals surface area (Å²) in [7, 11) is 1.61. The maximum Gasteiger partial charge on any atom is 0.303 e. The van der Waals surface area contributed by atoms with Crippen LogP contribution >= 0.6 is 0 Å². The molecular formula is C12H15N5O4. The minimum Gasteiger partial charge on any atom is -0.481 e. The fraction of sp³-hybridized carbons (Fsp3) is 0.417. The highest BCUT2D eigenvalue weighted by molar-refractivity contribution is 5.75. The van der Waals surface area contributed by atoms with Crippen molar-refractivity contribution in [3.05, 3.63) is 18.4 Å². The third-order valence-electron chi connectivity index (χ3n) is 2.78. The Labute approximate surface area is 120 Å². The summed E-state index contributed by atoms with van der Waals surface area (Å²) in [6.45, 7) is 0.308. The van der Waals surface area contributed by atoms with E-state index in [0.29, 0.717) is 24.6 Å². The second kappa shape index (κ2) is 6.64. The number of rotatable bonds is 7. The minimum atomic E-state index is -0.878. The number of hydrogen-bond acceptors (Lipinski definition) is 6. The summed E-state index contributed by atoms with van der Waals surface area (Å²) in [6, 6.07) is 3.40. The van der Waals surface area contributed by atoms with Gasteiger partial charge in [0, 0.05) is 20.0 Å². The minimum absolute atomic E-state index is 0.0296. The Balaban J connectivity index is 1.86. The van der Waals surface area contributed by atoms with Gasteiger partial charge < -0.3 is 14.4 Å². The third kappa shape index (κ3) is 4.13. The molecule has 0 bridgehead atoms. The normalized spacial score (nSPS) is 10.5. The molecule has 0 saturated heterocycles. The zero-order valence-corrected chi connectivity index (χ0v) is 11.5. The number of carboxylic acids is 1. The van der Waals surface area contributed by atoms with Crippen molar-refractivity contribution in [1.82, 2.24) is 25.1 Å². The number of tetrazole rings is 1. The molecule has 21 heavy (non-hydrogen) atoms. The average molecular weight is 293 g/mol. The Bertz CT molecular complexity index is 607. The van der Waals surface area contributed by atoms with E-state index in [2.05, 4.69) is 15.4 Å². The van der Waals surface area contributed by atoms with Gasteiger partial charge in [-0.3, -0.25) is 9.59 Å². The van der Waals surface area contributed by atoms with Gasteiger partial charge in [-0.15, -0.1) is 10.2 Å². The molecule has 2 aromatic rings. The van der Waals surface area contributed by atoms with Crippen molar-refractivity contribution in [2.45, 2.75) is 19.4 Å². The van der Waals surface area contributed by atoms with Gasteiger partial charge >= 0.3 is 5.97 Å². The van der Waals surface area contributed by atoms with E-state index in [1.54, 1.807) is 19.2 Å². The van der Waals surface area contributed by atoms with Gasteiger partial charge in [0.2, 0.25) is 11.7 Å². The molecule has 0 aromatic carbocycles. The zero-order valence-electron chi connectivity index (χ0n) is 11.5. The van der Waals surface area contributed by atoms with E-state index in [1.807, 2.05) is 0 Å². The summed E-state index contributed by atoms with van der Waals surface area (Å²) >= 11 is 0. The highest BCUT2D eigenvalue weighted by atomic mass is 16.4. The third-order valence-corrected chi connectivity index (χ3v) is 2.78. The number of carboxylic acid groups (broad SMARTS) is 1. The number of nitrogens with zero attached hydrogens (tertiary/aromatic N) is 5. The first-order valence-corrected chi connectivity index (χ1v) is 6.33. The maximum atomic E-state index is 11.9. The maximum absolute atomic E-state index is 11.9. The second-order valence-corrected chi connectivity index (χ2v) is 4.43. The number of likely N-dealkylation sites (N-methyl/N-ethyl adjacent to an activating group) is 1. The van der Waals surface area contributed by atoms with Gasteiger partial charge in [0.25, 0.3) is 0 Å². The van der Waals surface area contributed by atoms with Gasteiger partial charge in [0.15, 0.2) is 5.76 Å². The SMILES string of the molecule is CN(CCCC(=O)O)C(=O)Cn1nnc(-c2ccco2)n1. The van der Waals surface area contributed by atoms with Crippen molar-refractivity contribution in [1.29, 1.82) is 0 Å². The van der Waals surface area contributed by atoms with E-state index in [9.17, 15) is 9.59 Å². The lowest BCUT2D eigenvalue weighted by molar-refractivity contribution is -0.138. The molecule has 9 nitrogen and oxygen atoms in total. The highest BCUT2D eigenvalue weighted by Gasteiger charge is 2.14. The van der Waals surface area contributed by atoms with Crippen molar-refractivity contribution < 1.29 is 19.1 Å². The molecule has 1 amide bonds. The van der Waals surface area contributed by atoms with Crippen molar-refractivity contribution in [3.8, 4) is 11.6 Å². The Morgan fingerprint density at radius 1 is 1.48 bits per heavy atom. The van der Waals surface area contributed by atoms with Crippen LogP contribution in [-0.2, 0) is 16.1 Å². The number of aromatic nitrogens is 4. The molecule has 0 unspecified atom stereocenters. The molecule has 0 aliphatic rings.